The lowest BCUT2D eigenvalue weighted by molar-refractivity contribution is 0.0632. The summed E-state index contributed by atoms with van der Waals surface area (Å²) in [5.41, 5.74) is 5.56. The molecule has 1 amide bonds. The number of primary amides is 1. The van der Waals surface area contributed by atoms with Crippen LogP contribution in [0.3, 0.4) is 0 Å². The smallest absolute Gasteiger partial charge is 0.405 e. The highest BCUT2D eigenvalue weighted by Crippen LogP contribution is 2.20. The third-order valence-corrected chi connectivity index (χ3v) is 2.14. The van der Waals surface area contributed by atoms with E-state index in [1.807, 2.05) is 6.07 Å². The molecule has 1 atom stereocenters. The van der Waals surface area contributed by atoms with E-state index < -0.39 is 12.2 Å². The van der Waals surface area contributed by atoms with Gasteiger partial charge in [0.25, 0.3) is 0 Å². The van der Waals surface area contributed by atoms with Gasteiger partial charge in [-0.1, -0.05) is 28.1 Å². The van der Waals surface area contributed by atoms with E-state index in [0.717, 1.165) is 4.47 Å². The predicted molar refractivity (Wildman–Crippen MR) is 54.6 cm³/mol. The highest BCUT2D eigenvalue weighted by Gasteiger charge is 2.13. The van der Waals surface area contributed by atoms with Crippen LogP contribution in [0.4, 0.5) is 4.79 Å². The summed E-state index contributed by atoms with van der Waals surface area (Å²) in [6.45, 7) is -0.292. The zero-order chi connectivity index (χ0) is 10.6. The Kier molecular flexibility index (Phi) is 3.91. The van der Waals surface area contributed by atoms with Gasteiger partial charge in [-0.3, -0.25) is 0 Å². The van der Waals surface area contributed by atoms with Gasteiger partial charge in [0.2, 0.25) is 0 Å². The highest BCUT2D eigenvalue weighted by atomic mass is 79.9. The Bertz CT molecular complexity index is 330. The Morgan fingerprint density at radius 3 is 2.86 bits per heavy atom. The molecule has 0 heterocycles. The van der Waals surface area contributed by atoms with Crippen LogP contribution in [-0.4, -0.2) is 17.8 Å². The van der Waals surface area contributed by atoms with Crippen LogP contribution in [0.1, 0.15) is 11.7 Å². The summed E-state index contributed by atoms with van der Waals surface area (Å²) in [6, 6.07) is 7.12. The first-order valence-corrected chi connectivity index (χ1v) is 4.75. The van der Waals surface area contributed by atoms with Gasteiger partial charge in [0, 0.05) is 4.47 Å². The molecule has 0 bridgehead atoms. The molecule has 0 saturated carbocycles. The number of aliphatic hydroxyl groups excluding tert-OH is 1. The van der Waals surface area contributed by atoms with E-state index in [4.69, 9.17) is 15.6 Å². The van der Waals surface area contributed by atoms with Gasteiger partial charge < -0.3 is 15.6 Å². The first-order valence-electron chi connectivity index (χ1n) is 3.96. The lowest BCUT2D eigenvalue weighted by Gasteiger charge is -2.14. The molecule has 1 aromatic rings. The Balaban J connectivity index is 2.83. The summed E-state index contributed by atoms with van der Waals surface area (Å²) in [7, 11) is 0. The Hall–Kier alpha value is -1.07. The number of halogens is 1. The molecule has 0 saturated heterocycles. The molecule has 0 aromatic heterocycles. The summed E-state index contributed by atoms with van der Waals surface area (Å²) in [4.78, 5) is 10.5. The van der Waals surface area contributed by atoms with Gasteiger partial charge in [-0.15, -0.1) is 0 Å². The first-order chi connectivity index (χ1) is 6.63. The van der Waals surface area contributed by atoms with E-state index >= 15 is 0 Å². The van der Waals surface area contributed by atoms with E-state index in [-0.39, 0.29) is 6.61 Å². The molecule has 76 valence electrons. The second-order valence-electron chi connectivity index (χ2n) is 2.66. The fraction of sp³-hybridized carbons (Fsp3) is 0.222. The summed E-state index contributed by atoms with van der Waals surface area (Å²) in [5, 5.41) is 8.97. The molecule has 14 heavy (non-hydrogen) atoms. The number of carbonyl (C=O) groups is 1. The first kappa shape index (κ1) is 11.0. The van der Waals surface area contributed by atoms with Gasteiger partial charge in [0.05, 0.1) is 6.61 Å². The SMILES string of the molecule is NC(=O)O[C@H](CO)c1cccc(Br)c1. The van der Waals surface area contributed by atoms with Gasteiger partial charge >= 0.3 is 6.09 Å². The fourth-order valence-corrected chi connectivity index (χ4v) is 1.47. The standard InChI is InChI=1S/C9H10BrNO3/c10-7-3-1-2-6(4-7)8(5-12)14-9(11)13/h1-4,8,12H,5H2,(H2,11,13)/t8-/m1/s1. The molecule has 0 fully saturated rings. The second-order valence-corrected chi connectivity index (χ2v) is 3.58. The van der Waals surface area contributed by atoms with Crippen LogP contribution in [0.25, 0.3) is 0 Å². The van der Waals surface area contributed by atoms with E-state index in [9.17, 15) is 4.79 Å². The van der Waals surface area contributed by atoms with Crippen LogP contribution in [-0.2, 0) is 4.74 Å². The number of hydrogen-bond acceptors (Lipinski definition) is 3. The van der Waals surface area contributed by atoms with Crippen molar-refractivity contribution in [2.45, 2.75) is 6.10 Å². The molecule has 1 rings (SSSR count). The van der Waals surface area contributed by atoms with Crippen LogP contribution >= 0.6 is 15.9 Å². The van der Waals surface area contributed by atoms with Crippen molar-refractivity contribution < 1.29 is 14.6 Å². The summed E-state index contributed by atoms with van der Waals surface area (Å²) >= 11 is 3.27. The molecule has 0 spiro atoms. The molecule has 0 unspecified atom stereocenters. The maximum Gasteiger partial charge on any atom is 0.405 e. The fourth-order valence-electron chi connectivity index (χ4n) is 1.06. The summed E-state index contributed by atoms with van der Waals surface area (Å²) in [6.07, 6.45) is -1.60. The molecular weight excluding hydrogens is 250 g/mol. The molecule has 5 heteroatoms. The molecule has 3 N–H and O–H groups in total. The van der Waals surface area contributed by atoms with E-state index in [2.05, 4.69) is 15.9 Å². The van der Waals surface area contributed by atoms with Crippen LogP contribution in [0.2, 0.25) is 0 Å². The number of aliphatic hydroxyl groups is 1. The normalized spacial score (nSPS) is 12.1. The Morgan fingerprint density at radius 1 is 1.64 bits per heavy atom. The molecule has 0 aliphatic carbocycles. The molecule has 0 radical (unpaired) electrons. The molecule has 0 aliphatic rings. The molecular formula is C9H10BrNO3. The minimum Gasteiger partial charge on any atom is -0.439 e. The molecule has 1 aromatic carbocycles. The zero-order valence-corrected chi connectivity index (χ0v) is 8.90. The van der Waals surface area contributed by atoms with Crippen molar-refractivity contribution in [3.63, 3.8) is 0 Å². The van der Waals surface area contributed by atoms with Crippen LogP contribution in [0, 0.1) is 0 Å². The predicted octanol–water partition coefficient (Wildman–Crippen LogP) is 1.58. The van der Waals surface area contributed by atoms with Gasteiger partial charge in [0.15, 0.2) is 6.10 Å². The maximum absolute atomic E-state index is 10.5. The largest absolute Gasteiger partial charge is 0.439 e. The number of amides is 1. The van der Waals surface area contributed by atoms with Crippen LogP contribution in [0.15, 0.2) is 28.7 Å². The van der Waals surface area contributed by atoms with Gasteiger partial charge in [-0.05, 0) is 17.7 Å². The topological polar surface area (TPSA) is 72.6 Å². The quantitative estimate of drug-likeness (QED) is 0.866. The van der Waals surface area contributed by atoms with E-state index in [1.54, 1.807) is 18.2 Å². The Morgan fingerprint density at radius 2 is 2.36 bits per heavy atom. The Labute approximate surface area is 89.8 Å². The van der Waals surface area contributed by atoms with Crippen molar-refractivity contribution in [3.05, 3.63) is 34.3 Å². The highest BCUT2D eigenvalue weighted by molar-refractivity contribution is 9.10. The number of hydrogen-bond donors (Lipinski definition) is 2. The van der Waals surface area contributed by atoms with Crippen molar-refractivity contribution in [2.75, 3.05) is 6.61 Å². The minimum atomic E-state index is -0.899. The van der Waals surface area contributed by atoms with Gasteiger partial charge in [0.1, 0.15) is 0 Å². The average Bonchev–Trinajstić information content (AvgIpc) is 2.14. The van der Waals surface area contributed by atoms with Crippen molar-refractivity contribution in [3.8, 4) is 0 Å². The number of benzene rings is 1. The van der Waals surface area contributed by atoms with Crippen molar-refractivity contribution >= 4 is 22.0 Å². The van der Waals surface area contributed by atoms with Crippen LogP contribution in [0.5, 0.6) is 0 Å². The maximum atomic E-state index is 10.5. The number of carbonyl (C=O) groups excluding carboxylic acids is 1. The lowest BCUT2D eigenvalue weighted by Crippen LogP contribution is -2.19. The third kappa shape index (κ3) is 3.01. The number of ether oxygens (including phenoxy) is 1. The minimum absolute atomic E-state index is 0.292. The average molecular weight is 260 g/mol. The van der Waals surface area contributed by atoms with Gasteiger partial charge in [-0.25, -0.2) is 4.79 Å². The zero-order valence-electron chi connectivity index (χ0n) is 7.31. The summed E-state index contributed by atoms with van der Waals surface area (Å²) < 4.78 is 5.56. The van der Waals surface area contributed by atoms with Crippen molar-refractivity contribution in [1.82, 2.24) is 0 Å². The summed E-state index contributed by atoms with van der Waals surface area (Å²) in [5.74, 6) is 0. The van der Waals surface area contributed by atoms with Gasteiger partial charge in [-0.2, -0.15) is 0 Å². The van der Waals surface area contributed by atoms with Crippen LogP contribution < -0.4 is 5.73 Å². The van der Waals surface area contributed by atoms with Crippen molar-refractivity contribution in [2.24, 2.45) is 5.73 Å². The van der Waals surface area contributed by atoms with E-state index in [0.29, 0.717) is 5.56 Å². The molecule has 4 nitrogen and oxygen atoms in total. The third-order valence-electron chi connectivity index (χ3n) is 1.64. The molecule has 0 aliphatic heterocycles. The second kappa shape index (κ2) is 4.97. The lowest BCUT2D eigenvalue weighted by atomic mass is 10.1. The van der Waals surface area contributed by atoms with E-state index in [1.165, 1.54) is 0 Å². The van der Waals surface area contributed by atoms with Crippen molar-refractivity contribution in [1.29, 1.82) is 0 Å². The number of nitrogens with two attached hydrogens (primary N) is 1. The monoisotopic (exact) mass is 259 g/mol. The number of rotatable bonds is 3.